The number of benzene rings is 2. The number of guanidine groups is 2. The first kappa shape index (κ1) is 37.6. The molecular formula is C30H44N10O7. The molecule has 0 heterocycles. The van der Waals surface area contributed by atoms with Crippen molar-refractivity contribution in [2.24, 2.45) is 38.7 Å². The number of carbonyl (C=O) groups excluding carboxylic acids is 3. The number of nitrogens with one attached hydrogen (secondary N) is 3. The van der Waals surface area contributed by atoms with Gasteiger partial charge in [0.15, 0.2) is 11.9 Å². The molecule has 17 heteroatoms. The van der Waals surface area contributed by atoms with E-state index in [4.69, 9.17) is 28.7 Å². The third-order valence-corrected chi connectivity index (χ3v) is 6.88. The molecule has 2 aromatic carbocycles. The average molecular weight is 657 g/mol. The predicted octanol–water partition coefficient (Wildman–Crippen LogP) is -2.14. The SMILES string of the molecule is NC(N)=NCCCC(NC(=O)C(Cc1ccc(O)cc1)NC(=O)C(CCCN=C(N)N)NC(=O)C(N)Cc1ccc(O)cc1)C(=O)O. The molecule has 2 aromatic rings. The lowest BCUT2D eigenvalue weighted by Gasteiger charge is -2.25. The molecule has 0 saturated heterocycles. The summed E-state index contributed by atoms with van der Waals surface area (Å²) in [5, 5.41) is 36.6. The van der Waals surface area contributed by atoms with Crippen molar-refractivity contribution in [3.8, 4) is 11.5 Å². The van der Waals surface area contributed by atoms with Crippen LogP contribution in [0.4, 0.5) is 0 Å². The minimum Gasteiger partial charge on any atom is -0.508 e. The Morgan fingerprint density at radius 1 is 0.617 bits per heavy atom. The van der Waals surface area contributed by atoms with Gasteiger partial charge in [0.1, 0.15) is 29.6 Å². The van der Waals surface area contributed by atoms with Crippen LogP contribution in [-0.2, 0) is 32.0 Å². The maximum atomic E-state index is 13.6. The molecule has 0 saturated carbocycles. The van der Waals surface area contributed by atoms with Crippen molar-refractivity contribution in [3.05, 3.63) is 59.7 Å². The number of aliphatic carboxylic acids is 1. The predicted molar refractivity (Wildman–Crippen MR) is 175 cm³/mol. The minimum absolute atomic E-state index is 0.000122. The van der Waals surface area contributed by atoms with Gasteiger partial charge in [-0.15, -0.1) is 0 Å². The maximum absolute atomic E-state index is 13.6. The molecule has 4 unspecified atom stereocenters. The second kappa shape index (κ2) is 19.1. The van der Waals surface area contributed by atoms with Gasteiger partial charge in [-0.3, -0.25) is 24.4 Å². The molecule has 16 N–H and O–H groups in total. The number of carboxylic acids is 1. The van der Waals surface area contributed by atoms with E-state index in [1.165, 1.54) is 24.3 Å². The van der Waals surface area contributed by atoms with Gasteiger partial charge >= 0.3 is 5.97 Å². The van der Waals surface area contributed by atoms with Crippen LogP contribution in [-0.4, -0.2) is 88.2 Å². The summed E-state index contributed by atoms with van der Waals surface area (Å²) in [5.41, 5.74) is 28.7. The number of hydrogen-bond acceptors (Lipinski definition) is 9. The molecule has 17 nitrogen and oxygen atoms in total. The molecule has 0 spiro atoms. The van der Waals surface area contributed by atoms with E-state index in [0.29, 0.717) is 11.1 Å². The zero-order valence-electron chi connectivity index (χ0n) is 25.8. The number of aliphatic imine (C=N–C) groups is 2. The number of carboxylic acid groups (broad SMARTS) is 1. The van der Waals surface area contributed by atoms with Crippen LogP contribution in [0.1, 0.15) is 36.8 Å². The highest BCUT2D eigenvalue weighted by molar-refractivity contribution is 5.94. The molecule has 3 amide bonds. The monoisotopic (exact) mass is 656 g/mol. The normalized spacial score (nSPS) is 13.2. The summed E-state index contributed by atoms with van der Waals surface area (Å²) in [6, 6.07) is 7.20. The number of nitrogens with two attached hydrogens (primary N) is 5. The number of aromatic hydroxyl groups is 2. The van der Waals surface area contributed by atoms with Gasteiger partial charge in [-0.05, 0) is 67.5 Å². The molecule has 0 aliphatic rings. The Balaban J connectivity index is 2.26. The van der Waals surface area contributed by atoms with Crippen molar-refractivity contribution in [2.75, 3.05) is 13.1 Å². The summed E-state index contributed by atoms with van der Waals surface area (Å²) in [5.74, 6) is -3.75. The number of phenolic OH excluding ortho intramolecular Hbond substituents is 2. The number of carbonyl (C=O) groups is 4. The summed E-state index contributed by atoms with van der Waals surface area (Å²) in [6.45, 7) is 0.297. The van der Waals surface area contributed by atoms with Crippen LogP contribution < -0.4 is 44.6 Å². The first-order valence-electron chi connectivity index (χ1n) is 14.8. The first-order valence-corrected chi connectivity index (χ1v) is 14.8. The number of hydrogen-bond donors (Lipinski definition) is 11. The van der Waals surface area contributed by atoms with Crippen LogP contribution in [0.5, 0.6) is 11.5 Å². The fourth-order valence-corrected chi connectivity index (χ4v) is 4.41. The van der Waals surface area contributed by atoms with Gasteiger partial charge in [-0.25, -0.2) is 4.79 Å². The van der Waals surface area contributed by atoms with Gasteiger partial charge in [0.2, 0.25) is 17.7 Å². The van der Waals surface area contributed by atoms with Gasteiger partial charge in [0.05, 0.1) is 6.04 Å². The Kier molecular flexibility index (Phi) is 15.2. The van der Waals surface area contributed by atoms with Crippen molar-refractivity contribution in [2.45, 2.75) is 62.7 Å². The lowest BCUT2D eigenvalue weighted by molar-refractivity contribution is -0.142. The molecule has 0 aliphatic heterocycles. The van der Waals surface area contributed by atoms with Crippen LogP contribution in [0.2, 0.25) is 0 Å². The second-order valence-corrected chi connectivity index (χ2v) is 10.8. The van der Waals surface area contributed by atoms with E-state index in [1.807, 2.05) is 0 Å². The van der Waals surface area contributed by atoms with Crippen LogP contribution in [0.3, 0.4) is 0 Å². The van der Waals surface area contributed by atoms with Crippen molar-refractivity contribution >= 4 is 35.6 Å². The number of rotatable bonds is 19. The lowest BCUT2D eigenvalue weighted by Crippen LogP contribution is -2.57. The van der Waals surface area contributed by atoms with Gasteiger partial charge in [0, 0.05) is 19.5 Å². The van der Waals surface area contributed by atoms with E-state index in [0.717, 1.165) is 0 Å². The molecule has 0 bridgehead atoms. The van der Waals surface area contributed by atoms with E-state index >= 15 is 0 Å². The van der Waals surface area contributed by atoms with Gasteiger partial charge in [-0.1, -0.05) is 24.3 Å². The number of amides is 3. The van der Waals surface area contributed by atoms with Crippen molar-refractivity contribution in [3.63, 3.8) is 0 Å². The molecular weight excluding hydrogens is 612 g/mol. The highest BCUT2D eigenvalue weighted by Gasteiger charge is 2.30. The molecule has 256 valence electrons. The summed E-state index contributed by atoms with van der Waals surface area (Å²) in [4.78, 5) is 59.8. The fraction of sp³-hybridized carbons (Fsp3) is 0.400. The zero-order valence-corrected chi connectivity index (χ0v) is 25.8. The summed E-state index contributed by atoms with van der Waals surface area (Å²) < 4.78 is 0. The second-order valence-electron chi connectivity index (χ2n) is 10.8. The van der Waals surface area contributed by atoms with Crippen LogP contribution in [0.25, 0.3) is 0 Å². The molecule has 2 rings (SSSR count). The van der Waals surface area contributed by atoms with Gasteiger partial charge in [0.25, 0.3) is 0 Å². The summed E-state index contributed by atoms with van der Waals surface area (Å²) in [6.07, 6.45) is 0.622. The largest absolute Gasteiger partial charge is 0.508 e. The third-order valence-electron chi connectivity index (χ3n) is 6.88. The van der Waals surface area contributed by atoms with Crippen molar-refractivity contribution in [1.29, 1.82) is 0 Å². The van der Waals surface area contributed by atoms with Crippen LogP contribution in [0.15, 0.2) is 58.5 Å². The van der Waals surface area contributed by atoms with Crippen LogP contribution in [0, 0.1) is 0 Å². The van der Waals surface area contributed by atoms with Crippen molar-refractivity contribution in [1.82, 2.24) is 16.0 Å². The van der Waals surface area contributed by atoms with E-state index < -0.39 is 47.9 Å². The quantitative estimate of drug-likeness (QED) is 0.0438. The smallest absolute Gasteiger partial charge is 0.326 e. The molecule has 0 radical (unpaired) electrons. The van der Waals surface area contributed by atoms with Crippen LogP contribution >= 0.6 is 0 Å². The maximum Gasteiger partial charge on any atom is 0.326 e. The standard InChI is InChI=1S/C30H44N10O7/c31-21(15-17-5-9-19(41)10-6-17)25(43)38-22(3-1-13-36-29(32)33)26(44)40-24(16-18-7-11-20(42)12-8-18)27(45)39-23(28(46)47)4-2-14-37-30(34)35/h5-12,21-24,41-42H,1-4,13-16,31H2,(H,38,43)(H,39,45)(H,40,44)(H,46,47)(H4,32,33,36)(H4,34,35,37). The third kappa shape index (κ3) is 14.4. The molecule has 0 aromatic heterocycles. The Bertz CT molecular complexity index is 1390. The van der Waals surface area contributed by atoms with E-state index in [-0.39, 0.29) is 75.0 Å². The summed E-state index contributed by atoms with van der Waals surface area (Å²) in [7, 11) is 0. The molecule has 0 aliphatic carbocycles. The fourth-order valence-electron chi connectivity index (χ4n) is 4.41. The Morgan fingerprint density at radius 2 is 1.02 bits per heavy atom. The number of nitrogens with zero attached hydrogens (tertiary/aromatic N) is 2. The topological polar surface area (TPSA) is 320 Å². The first-order chi connectivity index (χ1) is 22.2. The van der Waals surface area contributed by atoms with Gasteiger partial charge < -0.3 is 59.9 Å². The number of phenols is 2. The molecule has 0 fully saturated rings. The van der Waals surface area contributed by atoms with E-state index in [9.17, 15) is 34.5 Å². The zero-order chi connectivity index (χ0) is 34.9. The molecule has 4 atom stereocenters. The average Bonchev–Trinajstić information content (AvgIpc) is 3.01. The molecule has 47 heavy (non-hydrogen) atoms. The Labute approximate surface area is 271 Å². The Morgan fingerprint density at radius 3 is 1.49 bits per heavy atom. The van der Waals surface area contributed by atoms with Gasteiger partial charge in [-0.2, -0.15) is 0 Å². The lowest BCUT2D eigenvalue weighted by atomic mass is 10.0. The van der Waals surface area contributed by atoms with E-state index in [1.54, 1.807) is 24.3 Å². The van der Waals surface area contributed by atoms with Crippen molar-refractivity contribution < 1.29 is 34.5 Å². The van der Waals surface area contributed by atoms with E-state index in [2.05, 4.69) is 25.9 Å². The Hall–Kier alpha value is -5.58. The summed E-state index contributed by atoms with van der Waals surface area (Å²) >= 11 is 0. The highest BCUT2D eigenvalue weighted by atomic mass is 16.4. The minimum atomic E-state index is -1.32. The highest BCUT2D eigenvalue weighted by Crippen LogP contribution is 2.14.